The van der Waals surface area contributed by atoms with Crippen molar-refractivity contribution >= 4 is 45.4 Å². The van der Waals surface area contributed by atoms with E-state index in [1.54, 1.807) is 19.2 Å². The molecule has 148 valence electrons. The molecule has 4 rings (SSSR count). The average molecular weight is 409 g/mol. The van der Waals surface area contributed by atoms with Gasteiger partial charge in [-0.25, -0.2) is 4.98 Å². The second-order valence-corrected chi connectivity index (χ2v) is 7.06. The lowest BCUT2D eigenvalue weighted by molar-refractivity contribution is -0.113. The van der Waals surface area contributed by atoms with Crippen molar-refractivity contribution in [2.45, 2.75) is 12.1 Å². The van der Waals surface area contributed by atoms with E-state index in [4.69, 9.17) is 9.47 Å². The van der Waals surface area contributed by atoms with Gasteiger partial charge in [-0.05, 0) is 49.4 Å². The van der Waals surface area contributed by atoms with Crippen LogP contribution in [0.25, 0.3) is 22.1 Å². The maximum absolute atomic E-state index is 12.2. The van der Waals surface area contributed by atoms with Crippen LogP contribution in [-0.2, 0) is 4.79 Å². The second-order valence-electron chi connectivity index (χ2n) is 6.12. The Morgan fingerprint density at radius 3 is 2.69 bits per heavy atom. The molecule has 0 aliphatic heterocycles. The number of rotatable bonds is 7. The number of nitrogens with one attached hydrogen (secondary N) is 2. The Labute approximate surface area is 171 Å². The zero-order valence-electron chi connectivity index (χ0n) is 15.9. The number of ether oxygens (including phenoxy) is 2. The summed E-state index contributed by atoms with van der Waals surface area (Å²) in [5.74, 6) is 1.53. The summed E-state index contributed by atoms with van der Waals surface area (Å²) in [4.78, 5) is 19.9. The summed E-state index contributed by atoms with van der Waals surface area (Å²) >= 11 is 1.23. The van der Waals surface area contributed by atoms with Crippen LogP contribution in [0.15, 0.2) is 47.6 Å². The van der Waals surface area contributed by atoms with Crippen molar-refractivity contribution in [3.05, 3.63) is 42.5 Å². The lowest BCUT2D eigenvalue weighted by Gasteiger charge is -2.06. The molecule has 0 unspecified atom stereocenters. The Morgan fingerprint density at radius 2 is 1.93 bits per heavy atom. The predicted octanol–water partition coefficient (Wildman–Crippen LogP) is 3.64. The van der Waals surface area contributed by atoms with Crippen molar-refractivity contribution in [2.24, 2.45) is 0 Å². The first-order valence-corrected chi connectivity index (χ1v) is 10.0. The quantitative estimate of drug-likeness (QED) is 0.449. The molecule has 0 spiro atoms. The third kappa shape index (κ3) is 4.24. The van der Waals surface area contributed by atoms with E-state index in [0.717, 1.165) is 22.4 Å². The molecule has 0 radical (unpaired) electrons. The predicted molar refractivity (Wildman–Crippen MR) is 113 cm³/mol. The molecule has 4 aromatic rings. The van der Waals surface area contributed by atoms with Crippen molar-refractivity contribution in [2.75, 3.05) is 24.8 Å². The van der Waals surface area contributed by atoms with Gasteiger partial charge in [0.2, 0.25) is 11.1 Å². The minimum atomic E-state index is -0.149. The highest BCUT2D eigenvalue weighted by Crippen LogP contribution is 2.27. The Bertz CT molecular complexity index is 1160. The summed E-state index contributed by atoms with van der Waals surface area (Å²) < 4.78 is 10.6. The first-order chi connectivity index (χ1) is 14.2. The molecule has 8 nitrogen and oxygen atoms in total. The van der Waals surface area contributed by atoms with Crippen LogP contribution in [0.5, 0.6) is 11.5 Å². The molecule has 0 saturated heterocycles. The van der Waals surface area contributed by atoms with Crippen molar-refractivity contribution in [1.82, 2.24) is 20.2 Å². The highest BCUT2D eigenvalue weighted by atomic mass is 32.2. The normalized spacial score (nSPS) is 11.0. The van der Waals surface area contributed by atoms with E-state index in [2.05, 4.69) is 25.5 Å². The van der Waals surface area contributed by atoms with Gasteiger partial charge in [0.1, 0.15) is 17.0 Å². The third-order valence-corrected chi connectivity index (χ3v) is 5.02. The number of aromatic amines is 1. The molecule has 0 aliphatic rings. The molecule has 0 aliphatic carbocycles. The zero-order valence-corrected chi connectivity index (χ0v) is 16.7. The van der Waals surface area contributed by atoms with Crippen LogP contribution in [0.2, 0.25) is 0 Å². The van der Waals surface area contributed by atoms with E-state index >= 15 is 0 Å². The molecule has 0 bridgehead atoms. The summed E-state index contributed by atoms with van der Waals surface area (Å²) in [6, 6.07) is 12.9. The second kappa shape index (κ2) is 8.36. The van der Waals surface area contributed by atoms with Crippen molar-refractivity contribution in [3.8, 4) is 11.5 Å². The summed E-state index contributed by atoms with van der Waals surface area (Å²) in [7, 11) is 1.62. The van der Waals surface area contributed by atoms with Gasteiger partial charge in [-0.1, -0.05) is 11.8 Å². The molecule has 2 N–H and O–H groups in total. The summed E-state index contributed by atoms with van der Waals surface area (Å²) in [5, 5.41) is 12.6. The van der Waals surface area contributed by atoms with Gasteiger partial charge >= 0.3 is 0 Å². The number of aromatic nitrogens is 4. The fraction of sp³-hybridized carbons (Fsp3) is 0.200. The molecule has 2 aromatic heterocycles. The molecule has 29 heavy (non-hydrogen) atoms. The number of benzene rings is 2. The SMILES string of the molecule is CCOc1ccc(NC(=O)CSc2nnc3c(n2)[nH]c2ccc(OC)cc23)cc1. The van der Waals surface area contributed by atoms with Crippen LogP contribution in [0.4, 0.5) is 5.69 Å². The highest BCUT2D eigenvalue weighted by Gasteiger charge is 2.12. The molecular formula is C20H19N5O3S. The average Bonchev–Trinajstić information content (AvgIpc) is 3.10. The Kier molecular flexibility index (Phi) is 5.48. The number of carbonyl (C=O) groups is 1. The van der Waals surface area contributed by atoms with E-state index < -0.39 is 0 Å². The van der Waals surface area contributed by atoms with Gasteiger partial charge in [0, 0.05) is 16.6 Å². The van der Waals surface area contributed by atoms with Gasteiger partial charge in [0.05, 0.1) is 19.5 Å². The van der Waals surface area contributed by atoms with Crippen LogP contribution in [0.3, 0.4) is 0 Å². The smallest absolute Gasteiger partial charge is 0.234 e. The van der Waals surface area contributed by atoms with Crippen LogP contribution >= 0.6 is 11.8 Å². The fourth-order valence-electron chi connectivity index (χ4n) is 2.85. The van der Waals surface area contributed by atoms with Gasteiger partial charge in [0.25, 0.3) is 0 Å². The van der Waals surface area contributed by atoms with E-state index in [0.29, 0.717) is 28.6 Å². The van der Waals surface area contributed by atoms with Crippen molar-refractivity contribution in [1.29, 1.82) is 0 Å². The van der Waals surface area contributed by atoms with Crippen molar-refractivity contribution < 1.29 is 14.3 Å². The van der Waals surface area contributed by atoms with Gasteiger partial charge in [-0.2, -0.15) is 0 Å². The van der Waals surface area contributed by atoms with E-state index in [9.17, 15) is 4.79 Å². The number of nitrogens with zero attached hydrogens (tertiary/aromatic N) is 3. The lowest BCUT2D eigenvalue weighted by atomic mass is 10.2. The molecule has 1 amide bonds. The molecule has 0 atom stereocenters. The number of amides is 1. The Balaban J connectivity index is 1.42. The minimum absolute atomic E-state index is 0.149. The van der Waals surface area contributed by atoms with Gasteiger partial charge < -0.3 is 19.8 Å². The Morgan fingerprint density at radius 1 is 1.14 bits per heavy atom. The number of fused-ring (bicyclic) bond motifs is 3. The zero-order chi connectivity index (χ0) is 20.2. The van der Waals surface area contributed by atoms with Gasteiger partial charge in [0.15, 0.2) is 5.65 Å². The molecule has 0 fully saturated rings. The number of methoxy groups -OCH3 is 1. The van der Waals surface area contributed by atoms with Gasteiger partial charge in [-0.3, -0.25) is 4.79 Å². The molecule has 2 heterocycles. The first-order valence-electron chi connectivity index (χ1n) is 9.02. The van der Waals surface area contributed by atoms with Gasteiger partial charge in [-0.15, -0.1) is 10.2 Å². The number of hydrogen-bond donors (Lipinski definition) is 2. The number of H-pyrrole nitrogens is 1. The largest absolute Gasteiger partial charge is 0.497 e. The van der Waals surface area contributed by atoms with Crippen LogP contribution in [0, 0.1) is 0 Å². The highest BCUT2D eigenvalue weighted by molar-refractivity contribution is 7.99. The van der Waals surface area contributed by atoms with Crippen LogP contribution in [0.1, 0.15) is 6.92 Å². The monoisotopic (exact) mass is 409 g/mol. The summed E-state index contributed by atoms with van der Waals surface area (Å²) in [6.07, 6.45) is 0. The first kappa shape index (κ1) is 19.0. The maximum atomic E-state index is 12.2. The van der Waals surface area contributed by atoms with E-state index in [1.807, 2.05) is 37.3 Å². The summed E-state index contributed by atoms with van der Waals surface area (Å²) in [5.41, 5.74) is 2.90. The van der Waals surface area contributed by atoms with E-state index in [-0.39, 0.29) is 11.7 Å². The standard InChI is InChI=1S/C20H19N5O3S/c1-3-28-13-6-4-12(5-7-13)21-17(26)11-29-20-23-19-18(24-25-20)15-10-14(27-2)8-9-16(15)22-19/h4-10H,3,11H2,1-2H3,(H,21,26)(H,22,23,25). The van der Waals surface area contributed by atoms with Crippen LogP contribution in [-0.4, -0.2) is 45.5 Å². The number of hydrogen-bond acceptors (Lipinski definition) is 7. The number of carbonyl (C=O) groups excluding carboxylic acids is 1. The number of thioether (sulfide) groups is 1. The van der Waals surface area contributed by atoms with Crippen LogP contribution < -0.4 is 14.8 Å². The maximum Gasteiger partial charge on any atom is 0.234 e. The lowest BCUT2D eigenvalue weighted by Crippen LogP contribution is -2.14. The molecular weight excluding hydrogens is 390 g/mol. The number of anilines is 1. The Hall–Kier alpha value is -3.33. The van der Waals surface area contributed by atoms with Crippen molar-refractivity contribution in [3.63, 3.8) is 0 Å². The molecule has 0 saturated carbocycles. The van der Waals surface area contributed by atoms with E-state index in [1.165, 1.54) is 11.8 Å². The molecule has 9 heteroatoms. The minimum Gasteiger partial charge on any atom is -0.497 e. The summed E-state index contributed by atoms with van der Waals surface area (Å²) in [6.45, 7) is 2.53. The topological polar surface area (TPSA) is 102 Å². The third-order valence-electron chi connectivity index (χ3n) is 4.18. The molecule has 2 aromatic carbocycles. The fourth-order valence-corrected chi connectivity index (χ4v) is 3.44.